The number of amidine groups is 1. The fraction of sp³-hybridized carbons (Fsp3) is 0.545. The van der Waals surface area contributed by atoms with Crippen LogP contribution in [0.15, 0.2) is 28.0 Å². The van der Waals surface area contributed by atoms with Crippen molar-refractivity contribution in [3.05, 3.63) is 24.2 Å². The summed E-state index contributed by atoms with van der Waals surface area (Å²) in [6.07, 6.45) is 5.95. The van der Waals surface area contributed by atoms with Crippen molar-refractivity contribution in [2.45, 2.75) is 31.6 Å². The van der Waals surface area contributed by atoms with E-state index in [4.69, 9.17) is 4.42 Å². The molecule has 4 heteroatoms. The first-order valence-corrected chi connectivity index (χ1v) is 6.22. The summed E-state index contributed by atoms with van der Waals surface area (Å²) >= 11 is 1.87. The van der Waals surface area contributed by atoms with E-state index < -0.39 is 0 Å². The molecule has 1 aliphatic heterocycles. The van der Waals surface area contributed by atoms with Gasteiger partial charge in [-0.2, -0.15) is 0 Å². The van der Waals surface area contributed by atoms with E-state index in [0.717, 1.165) is 23.8 Å². The first-order chi connectivity index (χ1) is 7.38. The van der Waals surface area contributed by atoms with Crippen LogP contribution >= 0.6 is 11.8 Å². The zero-order valence-corrected chi connectivity index (χ0v) is 9.72. The summed E-state index contributed by atoms with van der Waals surface area (Å²) in [4.78, 5) is 4.47. The van der Waals surface area contributed by atoms with Gasteiger partial charge in [0.1, 0.15) is 0 Å². The summed E-state index contributed by atoms with van der Waals surface area (Å²) in [5, 5.41) is 5.09. The average Bonchev–Trinajstić information content (AvgIpc) is 2.85. The lowest BCUT2D eigenvalue weighted by molar-refractivity contribution is 0.563. The molecule has 0 saturated heterocycles. The molecule has 82 valence electrons. The Labute approximate surface area is 94.3 Å². The molecule has 1 N–H and O–H groups in total. The number of nitrogens with one attached hydrogen (secondary N) is 1. The molecule has 1 aromatic rings. The lowest BCUT2D eigenvalue weighted by Crippen LogP contribution is -2.18. The molecule has 1 aliphatic rings. The molecule has 0 fully saturated rings. The van der Waals surface area contributed by atoms with E-state index in [1.165, 1.54) is 12.8 Å². The Morgan fingerprint density at radius 1 is 1.67 bits per heavy atom. The van der Waals surface area contributed by atoms with Gasteiger partial charge in [-0.1, -0.05) is 25.1 Å². The smallest absolute Gasteiger partial charge is 0.157 e. The maximum absolute atomic E-state index is 5.00. The molecule has 15 heavy (non-hydrogen) atoms. The first-order valence-electron chi connectivity index (χ1n) is 5.34. The standard InChI is InChI=1S/C11H16N2OS/c1-2-3-10-7-13-11(15-10)12-6-9-4-5-14-8-9/h4-5,8,10H,2-3,6-7H2,1H3,(H,12,13). The molecule has 1 unspecified atom stereocenters. The Hall–Kier alpha value is -0.900. The van der Waals surface area contributed by atoms with Gasteiger partial charge < -0.3 is 9.73 Å². The molecule has 2 heterocycles. The third-order valence-corrected chi connectivity index (χ3v) is 3.57. The highest BCUT2D eigenvalue weighted by atomic mass is 32.2. The normalized spacial score (nSPS) is 20.3. The van der Waals surface area contributed by atoms with Crippen molar-refractivity contribution in [2.24, 2.45) is 4.99 Å². The van der Waals surface area contributed by atoms with Crippen LogP contribution in [0.4, 0.5) is 0 Å². The van der Waals surface area contributed by atoms with E-state index in [1.54, 1.807) is 12.5 Å². The molecule has 0 aromatic carbocycles. The van der Waals surface area contributed by atoms with E-state index in [0.29, 0.717) is 5.25 Å². The molecule has 1 aromatic heterocycles. The Kier molecular flexibility index (Phi) is 3.72. The summed E-state index contributed by atoms with van der Waals surface area (Å²) in [6.45, 7) is 3.99. The molecule has 2 rings (SSSR count). The average molecular weight is 224 g/mol. The number of nitrogens with zero attached hydrogens (tertiary/aromatic N) is 1. The number of hydrogen-bond acceptors (Lipinski definition) is 4. The van der Waals surface area contributed by atoms with Gasteiger partial charge in [-0.3, -0.25) is 4.99 Å². The Morgan fingerprint density at radius 2 is 2.60 bits per heavy atom. The highest BCUT2D eigenvalue weighted by Gasteiger charge is 2.18. The summed E-state index contributed by atoms with van der Waals surface area (Å²) in [5.41, 5.74) is 1.16. The van der Waals surface area contributed by atoms with Crippen molar-refractivity contribution >= 4 is 16.9 Å². The highest BCUT2D eigenvalue weighted by Crippen LogP contribution is 2.23. The molecule has 1 atom stereocenters. The second-order valence-electron chi connectivity index (χ2n) is 3.66. The van der Waals surface area contributed by atoms with Gasteiger partial charge in [-0.25, -0.2) is 0 Å². The predicted octanol–water partition coefficient (Wildman–Crippen LogP) is 2.64. The third-order valence-electron chi connectivity index (χ3n) is 2.35. The zero-order chi connectivity index (χ0) is 10.5. The van der Waals surface area contributed by atoms with Gasteiger partial charge >= 0.3 is 0 Å². The van der Waals surface area contributed by atoms with E-state index in [2.05, 4.69) is 17.2 Å². The van der Waals surface area contributed by atoms with Crippen LogP contribution in [0.2, 0.25) is 0 Å². The molecule has 0 spiro atoms. The number of aliphatic imine (C=N–C) groups is 1. The van der Waals surface area contributed by atoms with Gasteiger partial charge in [0.25, 0.3) is 0 Å². The summed E-state index contributed by atoms with van der Waals surface area (Å²) < 4.78 is 5.00. The topological polar surface area (TPSA) is 37.5 Å². The first kappa shape index (κ1) is 10.6. The minimum Gasteiger partial charge on any atom is -0.472 e. The molecule has 0 amide bonds. The van der Waals surface area contributed by atoms with E-state index in [-0.39, 0.29) is 0 Å². The van der Waals surface area contributed by atoms with Gasteiger partial charge in [-0.15, -0.1) is 0 Å². The lowest BCUT2D eigenvalue weighted by atomic mass is 10.2. The Morgan fingerprint density at radius 3 is 3.33 bits per heavy atom. The van der Waals surface area contributed by atoms with Crippen LogP contribution in [0.1, 0.15) is 25.3 Å². The SMILES string of the molecule is CCCC1CN=C(NCc2ccoc2)S1. The predicted molar refractivity (Wildman–Crippen MR) is 64.1 cm³/mol. The molecular weight excluding hydrogens is 208 g/mol. The van der Waals surface area contributed by atoms with Crippen molar-refractivity contribution in [1.29, 1.82) is 0 Å². The molecule has 0 radical (unpaired) electrons. The zero-order valence-electron chi connectivity index (χ0n) is 8.90. The third kappa shape index (κ3) is 3.02. The van der Waals surface area contributed by atoms with Gasteiger partial charge in [0.2, 0.25) is 0 Å². The number of furan rings is 1. The summed E-state index contributed by atoms with van der Waals surface area (Å²) in [5.74, 6) is 0. The molecule has 3 nitrogen and oxygen atoms in total. The van der Waals surface area contributed by atoms with E-state index in [9.17, 15) is 0 Å². The second kappa shape index (κ2) is 5.26. The maximum atomic E-state index is 5.00. The lowest BCUT2D eigenvalue weighted by Gasteiger charge is -2.06. The largest absolute Gasteiger partial charge is 0.472 e. The fourth-order valence-electron chi connectivity index (χ4n) is 1.56. The van der Waals surface area contributed by atoms with Crippen LogP contribution in [0.3, 0.4) is 0 Å². The van der Waals surface area contributed by atoms with E-state index in [1.807, 2.05) is 17.8 Å². The number of thioether (sulfide) groups is 1. The summed E-state index contributed by atoms with van der Waals surface area (Å²) in [7, 11) is 0. The van der Waals surface area contributed by atoms with Gasteiger partial charge in [-0.05, 0) is 12.5 Å². The molecular formula is C11H16N2OS. The molecule has 0 aliphatic carbocycles. The minimum absolute atomic E-state index is 0.682. The van der Waals surface area contributed by atoms with Crippen LogP contribution in [0, 0.1) is 0 Å². The Balaban J connectivity index is 1.73. The van der Waals surface area contributed by atoms with Crippen molar-refractivity contribution in [1.82, 2.24) is 5.32 Å². The quantitative estimate of drug-likeness (QED) is 0.854. The van der Waals surface area contributed by atoms with Crippen molar-refractivity contribution < 1.29 is 4.42 Å². The molecule has 0 saturated carbocycles. The number of hydrogen-bond donors (Lipinski definition) is 1. The highest BCUT2D eigenvalue weighted by molar-refractivity contribution is 8.14. The second-order valence-corrected chi connectivity index (χ2v) is 4.95. The fourth-order valence-corrected chi connectivity index (χ4v) is 2.68. The van der Waals surface area contributed by atoms with Gasteiger partial charge in [0, 0.05) is 17.4 Å². The van der Waals surface area contributed by atoms with Crippen LogP contribution in [0.5, 0.6) is 0 Å². The van der Waals surface area contributed by atoms with Gasteiger partial charge in [0.05, 0.1) is 19.1 Å². The van der Waals surface area contributed by atoms with Crippen LogP contribution in [-0.2, 0) is 6.54 Å². The van der Waals surface area contributed by atoms with Crippen molar-refractivity contribution in [3.63, 3.8) is 0 Å². The van der Waals surface area contributed by atoms with E-state index >= 15 is 0 Å². The summed E-state index contributed by atoms with van der Waals surface area (Å²) in [6, 6.07) is 1.97. The van der Waals surface area contributed by atoms with Crippen molar-refractivity contribution in [3.8, 4) is 0 Å². The maximum Gasteiger partial charge on any atom is 0.157 e. The van der Waals surface area contributed by atoms with Crippen LogP contribution in [0.25, 0.3) is 0 Å². The van der Waals surface area contributed by atoms with Crippen LogP contribution < -0.4 is 5.32 Å². The van der Waals surface area contributed by atoms with Crippen LogP contribution in [-0.4, -0.2) is 17.0 Å². The molecule has 0 bridgehead atoms. The van der Waals surface area contributed by atoms with Gasteiger partial charge in [0.15, 0.2) is 5.17 Å². The minimum atomic E-state index is 0.682. The number of rotatable bonds is 4. The Bertz CT molecular complexity index is 321. The monoisotopic (exact) mass is 224 g/mol. The van der Waals surface area contributed by atoms with Crippen molar-refractivity contribution in [2.75, 3.05) is 6.54 Å².